The molecule has 1 atom stereocenters. The van der Waals surface area contributed by atoms with E-state index >= 15 is 0 Å². The van der Waals surface area contributed by atoms with Gasteiger partial charge in [0.25, 0.3) is 0 Å². The number of carbonyl (C=O) groups excluding carboxylic acids is 1. The number of anilines is 1. The van der Waals surface area contributed by atoms with Crippen molar-refractivity contribution in [2.24, 2.45) is 0 Å². The third-order valence-corrected chi connectivity index (χ3v) is 2.41. The minimum absolute atomic E-state index is 0.0687. The van der Waals surface area contributed by atoms with E-state index in [0.717, 1.165) is 6.07 Å². The second kappa shape index (κ2) is 7.75. The molecule has 7 heteroatoms. The molecule has 0 bridgehead atoms. The van der Waals surface area contributed by atoms with Gasteiger partial charge in [0.15, 0.2) is 11.6 Å². The molecule has 0 fully saturated rings. The van der Waals surface area contributed by atoms with Gasteiger partial charge in [-0.25, -0.2) is 14.0 Å². The number of ether oxygens (including phenoxy) is 1. The number of carboxylic acids is 1. The summed E-state index contributed by atoms with van der Waals surface area (Å²) in [5, 5.41) is 13.3. The first-order valence-corrected chi connectivity index (χ1v) is 6.14. The molecule has 0 radical (unpaired) electrons. The van der Waals surface area contributed by atoms with Gasteiger partial charge in [0.2, 0.25) is 0 Å². The zero-order chi connectivity index (χ0) is 15.8. The van der Waals surface area contributed by atoms with Gasteiger partial charge in [-0.05, 0) is 19.1 Å². The molecule has 0 saturated heterocycles. The Morgan fingerprint density at radius 3 is 2.76 bits per heavy atom. The van der Waals surface area contributed by atoms with Gasteiger partial charge in [0.05, 0.1) is 6.61 Å². The quantitative estimate of drug-likeness (QED) is 0.698. The first-order valence-electron chi connectivity index (χ1n) is 6.14. The average molecular weight is 294 g/mol. The highest BCUT2D eigenvalue weighted by molar-refractivity contribution is 5.92. The number of hydrogen-bond acceptors (Lipinski definition) is 3. The first kappa shape index (κ1) is 16.3. The molecule has 0 aliphatic carbocycles. The third-order valence-electron chi connectivity index (χ3n) is 2.41. The average Bonchev–Trinajstić information content (AvgIpc) is 2.41. The maximum absolute atomic E-state index is 13.6. The molecule has 1 aromatic rings. The fraction of sp³-hybridized carbons (Fsp3) is 0.286. The number of carboxylic acid groups (broad SMARTS) is 1. The van der Waals surface area contributed by atoms with Crippen LogP contribution in [-0.4, -0.2) is 29.8 Å². The van der Waals surface area contributed by atoms with Gasteiger partial charge in [-0.2, -0.15) is 0 Å². The summed E-state index contributed by atoms with van der Waals surface area (Å²) in [6.07, 6.45) is 4.86. The molecule has 3 N–H and O–H groups in total. The van der Waals surface area contributed by atoms with Crippen LogP contribution in [0.25, 0.3) is 0 Å². The van der Waals surface area contributed by atoms with Gasteiger partial charge in [0, 0.05) is 18.2 Å². The molecular formula is C14H15FN2O4. The Kier molecular flexibility index (Phi) is 6.01. The van der Waals surface area contributed by atoms with E-state index in [2.05, 4.69) is 16.6 Å². The van der Waals surface area contributed by atoms with E-state index in [9.17, 15) is 14.0 Å². The number of terminal acetylenes is 1. The summed E-state index contributed by atoms with van der Waals surface area (Å²) in [7, 11) is 0. The van der Waals surface area contributed by atoms with Crippen molar-refractivity contribution in [2.45, 2.75) is 19.4 Å². The lowest BCUT2D eigenvalue weighted by Gasteiger charge is -2.13. The van der Waals surface area contributed by atoms with Crippen molar-refractivity contribution in [1.82, 2.24) is 5.32 Å². The maximum Gasteiger partial charge on any atom is 0.327 e. The van der Waals surface area contributed by atoms with Gasteiger partial charge < -0.3 is 20.5 Å². The number of hydrogen-bond donors (Lipinski definition) is 3. The lowest BCUT2D eigenvalue weighted by Crippen LogP contribution is -2.42. The Balaban J connectivity index is 2.68. The zero-order valence-corrected chi connectivity index (χ0v) is 11.4. The van der Waals surface area contributed by atoms with Crippen molar-refractivity contribution in [1.29, 1.82) is 0 Å². The number of nitrogens with one attached hydrogen (secondary N) is 2. The highest BCUT2D eigenvalue weighted by Gasteiger charge is 2.18. The SMILES string of the molecule is C#CCC(NC(=O)Nc1ccc(OCC)c(F)c1)C(=O)O. The van der Waals surface area contributed by atoms with E-state index in [-0.39, 0.29) is 17.9 Å². The van der Waals surface area contributed by atoms with Crippen molar-refractivity contribution in [3.8, 4) is 18.1 Å². The Morgan fingerprint density at radius 1 is 1.52 bits per heavy atom. The molecule has 6 nitrogen and oxygen atoms in total. The van der Waals surface area contributed by atoms with Gasteiger partial charge in [-0.1, -0.05) is 0 Å². The number of benzene rings is 1. The summed E-state index contributed by atoms with van der Waals surface area (Å²) >= 11 is 0. The number of urea groups is 1. The second-order valence-corrected chi connectivity index (χ2v) is 3.98. The van der Waals surface area contributed by atoms with E-state index in [1.807, 2.05) is 0 Å². The summed E-state index contributed by atoms with van der Waals surface area (Å²) in [5.74, 6) is 0.337. The Hall–Kier alpha value is -2.75. The van der Waals surface area contributed by atoms with Crippen LogP contribution in [0.2, 0.25) is 0 Å². The molecule has 112 valence electrons. The van der Waals surface area contributed by atoms with Crippen molar-refractivity contribution >= 4 is 17.7 Å². The lowest BCUT2D eigenvalue weighted by atomic mass is 10.2. The van der Waals surface area contributed by atoms with Crippen molar-refractivity contribution in [3.05, 3.63) is 24.0 Å². The van der Waals surface area contributed by atoms with Gasteiger partial charge in [0.1, 0.15) is 6.04 Å². The van der Waals surface area contributed by atoms with E-state index in [1.165, 1.54) is 12.1 Å². The smallest absolute Gasteiger partial charge is 0.327 e. The normalized spacial score (nSPS) is 11.1. The molecule has 1 rings (SSSR count). The number of halogens is 1. The topological polar surface area (TPSA) is 87.7 Å². The summed E-state index contributed by atoms with van der Waals surface area (Å²) in [6, 6.07) is 1.88. The van der Waals surface area contributed by atoms with Crippen LogP contribution in [0.5, 0.6) is 5.75 Å². The predicted octanol–water partition coefficient (Wildman–Crippen LogP) is 1.82. The van der Waals surface area contributed by atoms with Crippen LogP contribution in [0.4, 0.5) is 14.9 Å². The van der Waals surface area contributed by atoms with Gasteiger partial charge in [-0.15, -0.1) is 12.3 Å². The number of amides is 2. The number of rotatable bonds is 6. The van der Waals surface area contributed by atoms with Crippen LogP contribution in [-0.2, 0) is 4.79 Å². The largest absolute Gasteiger partial charge is 0.491 e. The fourth-order valence-electron chi connectivity index (χ4n) is 1.49. The number of aliphatic carboxylic acids is 1. The molecule has 1 unspecified atom stereocenters. The lowest BCUT2D eigenvalue weighted by molar-refractivity contribution is -0.139. The fourth-order valence-corrected chi connectivity index (χ4v) is 1.49. The molecule has 0 saturated carbocycles. The standard InChI is InChI=1S/C14H15FN2O4/c1-3-5-11(13(18)19)17-14(20)16-9-6-7-12(21-4-2)10(15)8-9/h1,6-8,11H,4-5H2,2H3,(H,18,19)(H2,16,17,20). The minimum atomic E-state index is -1.25. The molecule has 0 heterocycles. The Bertz CT molecular complexity index is 569. The molecule has 0 aromatic heterocycles. The molecule has 2 amide bonds. The zero-order valence-electron chi connectivity index (χ0n) is 11.4. The molecular weight excluding hydrogens is 279 g/mol. The van der Waals surface area contributed by atoms with Gasteiger partial charge >= 0.3 is 12.0 Å². The highest BCUT2D eigenvalue weighted by atomic mass is 19.1. The molecule has 1 aromatic carbocycles. The van der Waals surface area contributed by atoms with Crippen LogP contribution < -0.4 is 15.4 Å². The van der Waals surface area contributed by atoms with Crippen LogP contribution in [0, 0.1) is 18.2 Å². The van der Waals surface area contributed by atoms with Crippen molar-refractivity contribution in [3.63, 3.8) is 0 Å². The predicted molar refractivity (Wildman–Crippen MR) is 74.6 cm³/mol. The van der Waals surface area contributed by atoms with Crippen LogP contribution in [0.15, 0.2) is 18.2 Å². The van der Waals surface area contributed by atoms with E-state index in [0.29, 0.717) is 6.61 Å². The number of carbonyl (C=O) groups is 2. The first-order chi connectivity index (χ1) is 9.97. The minimum Gasteiger partial charge on any atom is -0.491 e. The van der Waals surface area contributed by atoms with Gasteiger partial charge in [-0.3, -0.25) is 0 Å². The van der Waals surface area contributed by atoms with Crippen LogP contribution >= 0.6 is 0 Å². The van der Waals surface area contributed by atoms with Crippen LogP contribution in [0.1, 0.15) is 13.3 Å². The second-order valence-electron chi connectivity index (χ2n) is 3.98. The summed E-state index contributed by atoms with van der Waals surface area (Å²) < 4.78 is 18.6. The van der Waals surface area contributed by atoms with Crippen molar-refractivity contribution < 1.29 is 23.8 Å². The van der Waals surface area contributed by atoms with Crippen molar-refractivity contribution in [2.75, 3.05) is 11.9 Å². The summed E-state index contributed by atoms with van der Waals surface area (Å²) in [6.45, 7) is 2.03. The summed E-state index contributed by atoms with van der Waals surface area (Å²) in [5.41, 5.74) is 0.165. The Morgan fingerprint density at radius 2 is 2.24 bits per heavy atom. The van der Waals surface area contributed by atoms with E-state index < -0.39 is 23.9 Å². The monoisotopic (exact) mass is 294 g/mol. The van der Waals surface area contributed by atoms with E-state index in [4.69, 9.17) is 16.3 Å². The maximum atomic E-state index is 13.6. The Labute approximate surface area is 121 Å². The molecule has 0 aliphatic rings. The van der Waals surface area contributed by atoms with Crippen LogP contribution in [0.3, 0.4) is 0 Å². The summed E-state index contributed by atoms with van der Waals surface area (Å²) in [4.78, 5) is 22.4. The highest BCUT2D eigenvalue weighted by Crippen LogP contribution is 2.21. The third kappa shape index (κ3) is 5.03. The van der Waals surface area contributed by atoms with E-state index in [1.54, 1.807) is 6.92 Å². The molecule has 0 aliphatic heterocycles. The molecule has 0 spiro atoms. The molecule has 21 heavy (non-hydrogen) atoms.